The van der Waals surface area contributed by atoms with Crippen molar-refractivity contribution < 1.29 is 13.5 Å². The van der Waals surface area contributed by atoms with Crippen LogP contribution in [0.3, 0.4) is 0 Å². The van der Waals surface area contributed by atoms with Crippen LogP contribution in [0, 0.1) is 0 Å². The average Bonchev–Trinajstić information content (AvgIpc) is 3.10. The van der Waals surface area contributed by atoms with Gasteiger partial charge in [0.05, 0.1) is 5.70 Å². The molecule has 0 bridgehead atoms. The van der Waals surface area contributed by atoms with E-state index in [1.165, 1.54) is 12.4 Å². The number of anilines is 1. The van der Waals surface area contributed by atoms with Crippen LogP contribution in [0.25, 0.3) is 5.70 Å². The second-order valence-corrected chi connectivity index (χ2v) is 7.10. The molecule has 1 aliphatic heterocycles. The highest BCUT2D eigenvalue weighted by atomic mass is 79.9. The lowest BCUT2D eigenvalue weighted by Crippen LogP contribution is -2.20. The number of hydrogen-bond acceptors (Lipinski definition) is 4. The molecule has 1 N–H and O–H groups in total. The Hall–Kier alpha value is -2.45. The van der Waals surface area contributed by atoms with Crippen molar-refractivity contribution in [2.75, 3.05) is 5.32 Å². The third-order valence-electron chi connectivity index (χ3n) is 4.07. The molecule has 2 heterocycles. The summed E-state index contributed by atoms with van der Waals surface area (Å²) in [6.07, 6.45) is 3.32. The summed E-state index contributed by atoms with van der Waals surface area (Å²) in [6.45, 7) is -2.96. The zero-order valence-electron chi connectivity index (χ0n) is 13.6. The molecule has 0 spiro atoms. The van der Waals surface area contributed by atoms with E-state index in [9.17, 15) is 8.78 Å². The fourth-order valence-corrected chi connectivity index (χ4v) is 3.33. The average molecular weight is 454 g/mol. The number of halogens is 4. The summed E-state index contributed by atoms with van der Waals surface area (Å²) in [4.78, 5) is 4.21. The van der Waals surface area contributed by atoms with Gasteiger partial charge in [0.1, 0.15) is 18.1 Å². The zero-order chi connectivity index (χ0) is 19.0. The maximum Gasteiger partial charge on any atom is 0.387 e. The Bertz CT molecular complexity index is 1010. The Labute approximate surface area is 166 Å². The Morgan fingerprint density at radius 2 is 1.96 bits per heavy atom. The van der Waals surface area contributed by atoms with Crippen LogP contribution >= 0.6 is 27.5 Å². The highest BCUT2D eigenvalue weighted by Gasteiger charge is 2.25. The monoisotopic (exact) mass is 452 g/mol. The van der Waals surface area contributed by atoms with Crippen molar-refractivity contribution in [3.05, 3.63) is 75.5 Å². The van der Waals surface area contributed by atoms with Gasteiger partial charge in [-0.05, 0) is 42.0 Å². The minimum absolute atomic E-state index is 0.0150. The van der Waals surface area contributed by atoms with E-state index < -0.39 is 6.61 Å². The highest BCUT2D eigenvalue weighted by molar-refractivity contribution is 9.10. The largest absolute Gasteiger partial charge is 0.434 e. The van der Waals surface area contributed by atoms with Crippen LogP contribution in [-0.4, -0.2) is 21.4 Å². The number of aromatic nitrogens is 3. The van der Waals surface area contributed by atoms with Crippen molar-refractivity contribution in [2.24, 2.45) is 0 Å². The van der Waals surface area contributed by atoms with E-state index >= 15 is 0 Å². The third-order valence-corrected chi connectivity index (χ3v) is 4.83. The maximum absolute atomic E-state index is 12.8. The van der Waals surface area contributed by atoms with Gasteiger partial charge in [-0.1, -0.05) is 39.7 Å². The van der Waals surface area contributed by atoms with Gasteiger partial charge in [0, 0.05) is 15.1 Å². The lowest BCUT2D eigenvalue weighted by Gasteiger charge is -2.25. The van der Waals surface area contributed by atoms with E-state index in [-0.39, 0.29) is 11.8 Å². The van der Waals surface area contributed by atoms with Gasteiger partial charge in [-0.15, -0.1) is 0 Å². The molecule has 0 saturated heterocycles. The Morgan fingerprint density at radius 1 is 1.19 bits per heavy atom. The summed E-state index contributed by atoms with van der Waals surface area (Å²) in [6, 6.07) is 12.1. The van der Waals surface area contributed by atoms with Crippen LogP contribution < -0.4 is 10.1 Å². The molecule has 4 rings (SSSR count). The Morgan fingerprint density at radius 3 is 2.70 bits per heavy atom. The summed E-state index contributed by atoms with van der Waals surface area (Å²) in [5.74, 6) is 0.483. The lowest BCUT2D eigenvalue weighted by molar-refractivity contribution is -0.0500. The van der Waals surface area contributed by atoms with Crippen LogP contribution in [0.2, 0.25) is 5.02 Å². The summed E-state index contributed by atoms with van der Waals surface area (Å²) in [5, 5.41) is 7.68. The summed E-state index contributed by atoms with van der Waals surface area (Å²) >= 11 is 9.37. The Kier molecular flexibility index (Phi) is 4.84. The summed E-state index contributed by atoms with van der Waals surface area (Å²) in [5.41, 5.74) is 2.00. The van der Waals surface area contributed by atoms with E-state index in [4.69, 9.17) is 11.6 Å². The molecule has 1 aliphatic rings. The number of alkyl halides is 2. The number of benzene rings is 2. The fourth-order valence-electron chi connectivity index (χ4n) is 2.90. The fraction of sp³-hybridized carbons (Fsp3) is 0.111. The van der Waals surface area contributed by atoms with Crippen molar-refractivity contribution in [2.45, 2.75) is 12.7 Å². The molecule has 0 fully saturated rings. The molecular formula is C18H12BrClF2N4O. The van der Waals surface area contributed by atoms with Gasteiger partial charge in [-0.2, -0.15) is 18.9 Å². The highest BCUT2D eigenvalue weighted by Crippen LogP contribution is 2.37. The van der Waals surface area contributed by atoms with Crippen molar-refractivity contribution in [3.63, 3.8) is 0 Å². The molecule has 0 radical (unpaired) electrons. The maximum atomic E-state index is 12.8. The first kappa shape index (κ1) is 17.9. The molecule has 1 atom stereocenters. The minimum atomic E-state index is -2.96. The number of allylic oxidation sites excluding steroid dienone is 1. The third kappa shape index (κ3) is 3.68. The van der Waals surface area contributed by atoms with Gasteiger partial charge < -0.3 is 10.1 Å². The number of ether oxygens (including phenoxy) is 1. The topological polar surface area (TPSA) is 52.0 Å². The summed E-state index contributed by atoms with van der Waals surface area (Å²) < 4.78 is 33.0. The van der Waals surface area contributed by atoms with Gasteiger partial charge >= 0.3 is 6.61 Å². The molecule has 2 aromatic carbocycles. The van der Waals surface area contributed by atoms with E-state index in [0.717, 1.165) is 10.0 Å². The van der Waals surface area contributed by atoms with Gasteiger partial charge in [0.2, 0.25) is 5.95 Å². The second kappa shape index (κ2) is 7.28. The van der Waals surface area contributed by atoms with Crippen LogP contribution in [0.15, 0.2) is 59.3 Å². The van der Waals surface area contributed by atoms with Crippen LogP contribution in [0.5, 0.6) is 5.75 Å². The molecule has 0 amide bonds. The second-order valence-electron chi connectivity index (χ2n) is 5.75. The molecule has 3 aromatic rings. The molecule has 0 aliphatic carbocycles. The predicted molar refractivity (Wildman–Crippen MR) is 102 cm³/mol. The van der Waals surface area contributed by atoms with Gasteiger partial charge in [0.15, 0.2) is 0 Å². The molecule has 5 nitrogen and oxygen atoms in total. The van der Waals surface area contributed by atoms with Crippen LogP contribution in [-0.2, 0) is 0 Å². The molecule has 0 saturated carbocycles. The predicted octanol–water partition coefficient (Wildman–Crippen LogP) is 5.35. The van der Waals surface area contributed by atoms with E-state index in [0.29, 0.717) is 22.2 Å². The quantitative estimate of drug-likeness (QED) is 0.578. The first-order valence-electron chi connectivity index (χ1n) is 7.90. The molecule has 138 valence electrons. The minimum Gasteiger partial charge on any atom is -0.434 e. The van der Waals surface area contributed by atoms with Crippen molar-refractivity contribution in [3.8, 4) is 5.75 Å². The smallest absolute Gasteiger partial charge is 0.387 e. The summed E-state index contributed by atoms with van der Waals surface area (Å²) in [7, 11) is 0. The first-order valence-corrected chi connectivity index (χ1v) is 9.07. The molecular weight excluding hydrogens is 442 g/mol. The van der Waals surface area contributed by atoms with Gasteiger partial charge in [-0.25, -0.2) is 4.68 Å². The standard InChI is InChI=1S/C18H12BrClF2N4O/c19-11-3-1-10(2-4-11)15-8-14(25-18-23-9-24-26(15)18)13-6-5-12(20)7-16(13)27-17(21)22/h1-9,15,17H,(H,23,24,25). The molecule has 1 unspecified atom stereocenters. The first-order chi connectivity index (χ1) is 13.0. The molecule has 9 heteroatoms. The molecule has 1 aromatic heterocycles. The van der Waals surface area contributed by atoms with Crippen molar-refractivity contribution in [1.82, 2.24) is 14.8 Å². The number of nitrogens with one attached hydrogen (secondary N) is 1. The van der Waals surface area contributed by atoms with E-state index in [2.05, 4.69) is 36.1 Å². The van der Waals surface area contributed by atoms with Crippen molar-refractivity contribution in [1.29, 1.82) is 0 Å². The van der Waals surface area contributed by atoms with E-state index in [1.54, 1.807) is 16.8 Å². The van der Waals surface area contributed by atoms with E-state index in [1.807, 2.05) is 30.3 Å². The van der Waals surface area contributed by atoms with Crippen LogP contribution in [0.4, 0.5) is 14.7 Å². The zero-order valence-corrected chi connectivity index (χ0v) is 16.0. The van der Waals surface area contributed by atoms with Gasteiger partial charge in [0.25, 0.3) is 0 Å². The normalized spacial score (nSPS) is 15.9. The SMILES string of the molecule is FC(F)Oc1cc(Cl)ccc1C1=CC(c2ccc(Br)cc2)n2ncnc2N1. The van der Waals surface area contributed by atoms with Crippen LogP contribution in [0.1, 0.15) is 17.2 Å². The number of fused-ring (bicyclic) bond motifs is 1. The number of hydrogen-bond donors (Lipinski definition) is 1. The number of rotatable bonds is 4. The van der Waals surface area contributed by atoms with Crippen molar-refractivity contribution >= 4 is 39.2 Å². The molecule has 27 heavy (non-hydrogen) atoms. The van der Waals surface area contributed by atoms with Gasteiger partial charge in [-0.3, -0.25) is 0 Å². The number of nitrogens with zero attached hydrogens (tertiary/aromatic N) is 3. The lowest BCUT2D eigenvalue weighted by atomic mass is 10.0. The Balaban J connectivity index is 1.81.